The molecule has 0 bridgehead atoms. The highest BCUT2D eigenvalue weighted by atomic mass is 79.9. The molecule has 0 radical (unpaired) electrons. The molecule has 1 aromatic carbocycles. The van der Waals surface area contributed by atoms with Gasteiger partial charge in [-0.2, -0.15) is 13.2 Å². The van der Waals surface area contributed by atoms with E-state index >= 15 is 0 Å². The highest BCUT2D eigenvalue weighted by Crippen LogP contribution is 2.28. The van der Waals surface area contributed by atoms with Crippen LogP contribution in [0.15, 0.2) is 24.3 Å². The first-order chi connectivity index (χ1) is 8.44. The molecule has 0 spiro atoms. The average Bonchev–Trinajstić information content (AvgIpc) is 2.29. The van der Waals surface area contributed by atoms with Gasteiger partial charge in [-0.25, -0.2) is 0 Å². The third-order valence-electron chi connectivity index (χ3n) is 2.41. The van der Waals surface area contributed by atoms with Gasteiger partial charge in [0.2, 0.25) is 0 Å². The smallest absolute Gasteiger partial charge is 0.372 e. The van der Waals surface area contributed by atoms with Crippen LogP contribution in [0.1, 0.15) is 17.9 Å². The fourth-order valence-corrected chi connectivity index (χ4v) is 2.50. The lowest BCUT2D eigenvalue weighted by Gasteiger charge is -2.16. The van der Waals surface area contributed by atoms with Crippen molar-refractivity contribution in [2.45, 2.75) is 18.5 Å². The molecule has 102 valence electrons. The lowest BCUT2D eigenvalue weighted by atomic mass is 9.98. The molecule has 0 heterocycles. The van der Waals surface area contributed by atoms with Crippen LogP contribution in [0.3, 0.4) is 0 Å². The monoisotopic (exact) mass is 344 g/mol. The predicted octanol–water partition coefficient (Wildman–Crippen LogP) is 4.79. The second-order valence-electron chi connectivity index (χ2n) is 3.83. The molecule has 1 aromatic rings. The second-order valence-corrected chi connectivity index (χ2v) is 4.88. The highest BCUT2D eigenvalue weighted by Gasteiger charge is 2.27. The summed E-state index contributed by atoms with van der Waals surface area (Å²) in [7, 11) is 0. The number of benzene rings is 1. The maximum Gasteiger partial charge on any atom is 0.411 e. The fraction of sp³-hybridized carbons (Fsp3) is 0.500. The average molecular weight is 346 g/mol. The third-order valence-corrected chi connectivity index (χ3v) is 3.53. The van der Waals surface area contributed by atoms with Gasteiger partial charge in [-0.1, -0.05) is 45.7 Å². The zero-order chi connectivity index (χ0) is 13.6. The van der Waals surface area contributed by atoms with Crippen molar-refractivity contribution in [1.82, 2.24) is 0 Å². The first-order valence-electron chi connectivity index (χ1n) is 5.39. The summed E-state index contributed by atoms with van der Waals surface area (Å²) in [6.45, 7) is -1.15. The minimum Gasteiger partial charge on any atom is -0.372 e. The normalized spacial score (nSPS) is 13.6. The first kappa shape index (κ1) is 15.8. The Morgan fingerprint density at radius 1 is 1.28 bits per heavy atom. The maximum absolute atomic E-state index is 11.9. The van der Waals surface area contributed by atoms with Crippen molar-refractivity contribution in [3.05, 3.63) is 34.9 Å². The Balaban J connectivity index is 2.46. The predicted molar refractivity (Wildman–Crippen MR) is 69.5 cm³/mol. The Morgan fingerprint density at radius 2 is 1.94 bits per heavy atom. The molecular formula is C12H13BrClF3O. The molecule has 1 rings (SSSR count). The largest absolute Gasteiger partial charge is 0.411 e. The van der Waals surface area contributed by atoms with Crippen LogP contribution >= 0.6 is 27.5 Å². The van der Waals surface area contributed by atoms with E-state index in [9.17, 15) is 13.2 Å². The molecule has 18 heavy (non-hydrogen) atoms. The van der Waals surface area contributed by atoms with Crippen molar-refractivity contribution in [2.24, 2.45) is 0 Å². The number of ether oxygens (including phenoxy) is 1. The SMILES string of the molecule is FC(F)(F)COCCC(CBr)c1ccccc1Cl. The Hall–Kier alpha value is -0.260. The molecule has 1 unspecified atom stereocenters. The molecule has 0 fully saturated rings. The van der Waals surface area contributed by atoms with Gasteiger partial charge in [-0.3, -0.25) is 0 Å². The van der Waals surface area contributed by atoms with Crippen molar-refractivity contribution < 1.29 is 17.9 Å². The van der Waals surface area contributed by atoms with Crippen LogP contribution in [0.25, 0.3) is 0 Å². The minimum atomic E-state index is -4.27. The molecule has 0 amide bonds. The fourth-order valence-electron chi connectivity index (χ4n) is 1.54. The van der Waals surface area contributed by atoms with Crippen molar-refractivity contribution in [3.63, 3.8) is 0 Å². The quantitative estimate of drug-likeness (QED) is 0.532. The first-order valence-corrected chi connectivity index (χ1v) is 6.89. The van der Waals surface area contributed by atoms with Gasteiger partial charge in [0.25, 0.3) is 0 Å². The van der Waals surface area contributed by atoms with E-state index < -0.39 is 12.8 Å². The molecular weight excluding hydrogens is 332 g/mol. The topological polar surface area (TPSA) is 9.23 Å². The van der Waals surface area contributed by atoms with Gasteiger partial charge in [-0.05, 0) is 24.0 Å². The number of hydrogen-bond acceptors (Lipinski definition) is 1. The summed E-state index contributed by atoms with van der Waals surface area (Å²) in [5.41, 5.74) is 0.923. The number of hydrogen-bond donors (Lipinski definition) is 0. The van der Waals surface area contributed by atoms with Crippen LogP contribution in [-0.4, -0.2) is 24.7 Å². The van der Waals surface area contributed by atoms with Crippen LogP contribution in [-0.2, 0) is 4.74 Å². The Kier molecular flexibility index (Phi) is 6.46. The van der Waals surface area contributed by atoms with Crippen molar-refractivity contribution >= 4 is 27.5 Å². The summed E-state index contributed by atoms with van der Waals surface area (Å²) in [6.07, 6.45) is -3.78. The van der Waals surface area contributed by atoms with Crippen molar-refractivity contribution in [1.29, 1.82) is 0 Å². The zero-order valence-electron chi connectivity index (χ0n) is 9.51. The number of rotatable bonds is 6. The van der Waals surface area contributed by atoms with Gasteiger partial charge in [0, 0.05) is 17.0 Å². The van der Waals surface area contributed by atoms with Crippen LogP contribution in [0.4, 0.5) is 13.2 Å². The number of halogens is 5. The molecule has 1 atom stereocenters. The van der Waals surface area contributed by atoms with Crippen LogP contribution < -0.4 is 0 Å². The van der Waals surface area contributed by atoms with E-state index in [1.165, 1.54) is 0 Å². The lowest BCUT2D eigenvalue weighted by Crippen LogP contribution is -2.18. The highest BCUT2D eigenvalue weighted by molar-refractivity contribution is 9.09. The van der Waals surface area contributed by atoms with E-state index in [2.05, 4.69) is 20.7 Å². The van der Waals surface area contributed by atoms with Crippen molar-refractivity contribution in [3.8, 4) is 0 Å². The second kappa shape index (κ2) is 7.36. The summed E-state index contributed by atoms with van der Waals surface area (Å²) in [6, 6.07) is 7.31. The minimum absolute atomic E-state index is 0.0481. The van der Waals surface area contributed by atoms with Crippen LogP contribution in [0.5, 0.6) is 0 Å². The number of alkyl halides is 4. The summed E-state index contributed by atoms with van der Waals surface area (Å²) in [5.74, 6) is 0.0481. The summed E-state index contributed by atoms with van der Waals surface area (Å²) in [4.78, 5) is 0. The summed E-state index contributed by atoms with van der Waals surface area (Å²) < 4.78 is 40.3. The molecule has 0 saturated carbocycles. The zero-order valence-corrected chi connectivity index (χ0v) is 11.9. The van der Waals surface area contributed by atoms with Gasteiger partial charge in [0.15, 0.2) is 0 Å². The van der Waals surface area contributed by atoms with Gasteiger partial charge in [0.05, 0.1) is 0 Å². The third kappa shape index (κ3) is 5.59. The van der Waals surface area contributed by atoms with E-state index in [0.29, 0.717) is 16.8 Å². The Bertz CT molecular complexity index is 371. The van der Waals surface area contributed by atoms with E-state index in [0.717, 1.165) is 5.56 Å². The van der Waals surface area contributed by atoms with Gasteiger partial charge in [0.1, 0.15) is 6.61 Å². The van der Waals surface area contributed by atoms with Gasteiger partial charge in [-0.15, -0.1) is 0 Å². The molecule has 0 aromatic heterocycles. The molecule has 0 aliphatic heterocycles. The van der Waals surface area contributed by atoms with Gasteiger partial charge >= 0.3 is 6.18 Å². The van der Waals surface area contributed by atoms with Crippen LogP contribution in [0, 0.1) is 0 Å². The Morgan fingerprint density at radius 3 is 2.50 bits per heavy atom. The van der Waals surface area contributed by atoms with Crippen molar-refractivity contribution in [2.75, 3.05) is 18.5 Å². The Labute approximate surface area is 117 Å². The maximum atomic E-state index is 11.9. The van der Waals surface area contributed by atoms with E-state index in [1.807, 2.05) is 18.2 Å². The summed E-state index contributed by atoms with van der Waals surface area (Å²) in [5, 5.41) is 1.25. The molecule has 0 aliphatic carbocycles. The molecule has 0 N–H and O–H groups in total. The van der Waals surface area contributed by atoms with E-state index in [-0.39, 0.29) is 12.5 Å². The lowest BCUT2D eigenvalue weighted by molar-refractivity contribution is -0.174. The van der Waals surface area contributed by atoms with Gasteiger partial charge < -0.3 is 4.74 Å². The van der Waals surface area contributed by atoms with E-state index in [1.54, 1.807) is 6.07 Å². The standard InChI is InChI=1S/C12H13BrClF3O/c13-7-9(5-6-18-8-12(15,16)17)10-3-1-2-4-11(10)14/h1-4,9H,5-8H2. The molecule has 0 aliphatic rings. The molecule has 1 nitrogen and oxygen atoms in total. The molecule has 0 saturated heterocycles. The van der Waals surface area contributed by atoms with Crippen LogP contribution in [0.2, 0.25) is 5.02 Å². The molecule has 6 heteroatoms. The van der Waals surface area contributed by atoms with E-state index in [4.69, 9.17) is 11.6 Å². The summed E-state index contributed by atoms with van der Waals surface area (Å²) >= 11 is 9.38.